The van der Waals surface area contributed by atoms with Crippen LogP contribution in [0.15, 0.2) is 18.2 Å². The first-order valence-corrected chi connectivity index (χ1v) is 7.55. The molecule has 0 amide bonds. The third-order valence-corrected chi connectivity index (χ3v) is 4.18. The fourth-order valence-corrected chi connectivity index (χ4v) is 2.73. The maximum atomic E-state index is 14.3. The summed E-state index contributed by atoms with van der Waals surface area (Å²) in [5, 5.41) is 3.46. The van der Waals surface area contributed by atoms with E-state index in [1.165, 1.54) is 0 Å². The van der Waals surface area contributed by atoms with Crippen molar-refractivity contribution in [1.82, 2.24) is 5.32 Å². The van der Waals surface area contributed by atoms with Crippen LogP contribution in [0, 0.1) is 17.7 Å². The van der Waals surface area contributed by atoms with Crippen molar-refractivity contribution >= 4 is 5.69 Å². The Bertz CT molecular complexity index is 455. The molecule has 1 heterocycles. The minimum absolute atomic E-state index is 0.0369. The largest absolute Gasteiger partial charge is 0.368 e. The van der Waals surface area contributed by atoms with Crippen LogP contribution in [0.2, 0.25) is 0 Å². The first-order chi connectivity index (χ1) is 9.28. The topological polar surface area (TPSA) is 15.3 Å². The molecule has 112 valence electrons. The molecule has 1 N–H and O–H groups in total. The number of halogens is 1. The van der Waals surface area contributed by atoms with Crippen LogP contribution in [0.3, 0.4) is 0 Å². The zero-order chi connectivity index (χ0) is 14.9. The molecule has 1 aliphatic heterocycles. The minimum Gasteiger partial charge on any atom is -0.368 e. The summed E-state index contributed by atoms with van der Waals surface area (Å²) in [6.45, 7) is 13.5. The molecule has 0 aliphatic carbocycles. The van der Waals surface area contributed by atoms with Crippen molar-refractivity contribution in [3.8, 4) is 0 Å². The Morgan fingerprint density at radius 2 is 1.80 bits per heavy atom. The van der Waals surface area contributed by atoms with Crippen LogP contribution < -0.4 is 10.2 Å². The van der Waals surface area contributed by atoms with E-state index in [-0.39, 0.29) is 11.4 Å². The van der Waals surface area contributed by atoms with Gasteiger partial charge in [-0.3, -0.25) is 0 Å². The van der Waals surface area contributed by atoms with Gasteiger partial charge in [-0.25, -0.2) is 4.39 Å². The van der Waals surface area contributed by atoms with Gasteiger partial charge in [0.25, 0.3) is 0 Å². The molecule has 1 fully saturated rings. The molecule has 2 atom stereocenters. The van der Waals surface area contributed by atoms with Crippen molar-refractivity contribution in [3.63, 3.8) is 0 Å². The first-order valence-electron chi connectivity index (χ1n) is 7.55. The zero-order valence-electron chi connectivity index (χ0n) is 13.3. The summed E-state index contributed by atoms with van der Waals surface area (Å²) in [5.41, 5.74) is 1.89. The highest BCUT2D eigenvalue weighted by molar-refractivity contribution is 5.55. The van der Waals surface area contributed by atoms with Crippen LogP contribution >= 0.6 is 0 Å². The average molecular weight is 278 g/mol. The van der Waals surface area contributed by atoms with Crippen molar-refractivity contribution in [2.45, 2.75) is 46.7 Å². The molecule has 0 spiro atoms. The van der Waals surface area contributed by atoms with Gasteiger partial charge >= 0.3 is 0 Å². The molecule has 2 rings (SSSR count). The van der Waals surface area contributed by atoms with Crippen LogP contribution in [0.25, 0.3) is 0 Å². The maximum absolute atomic E-state index is 14.3. The van der Waals surface area contributed by atoms with E-state index in [2.05, 4.69) is 44.8 Å². The van der Waals surface area contributed by atoms with Gasteiger partial charge < -0.3 is 10.2 Å². The molecular weight excluding hydrogens is 251 g/mol. The van der Waals surface area contributed by atoms with E-state index >= 15 is 0 Å². The van der Waals surface area contributed by atoms with Crippen molar-refractivity contribution in [3.05, 3.63) is 29.6 Å². The summed E-state index contributed by atoms with van der Waals surface area (Å²) in [5.74, 6) is 1.15. The highest BCUT2D eigenvalue weighted by Gasteiger charge is 2.29. The van der Waals surface area contributed by atoms with E-state index in [1.807, 2.05) is 6.07 Å². The lowest BCUT2D eigenvalue weighted by Crippen LogP contribution is -2.35. The minimum atomic E-state index is -0.0977. The molecule has 0 saturated carbocycles. The summed E-state index contributed by atoms with van der Waals surface area (Å²) in [6, 6.07) is 5.41. The van der Waals surface area contributed by atoms with E-state index in [0.717, 1.165) is 24.3 Å². The Kier molecular flexibility index (Phi) is 4.38. The van der Waals surface area contributed by atoms with Crippen LogP contribution in [0.5, 0.6) is 0 Å². The second kappa shape index (κ2) is 5.72. The van der Waals surface area contributed by atoms with E-state index in [1.54, 1.807) is 12.1 Å². The van der Waals surface area contributed by atoms with E-state index in [4.69, 9.17) is 0 Å². The molecular formula is C17H27FN2. The van der Waals surface area contributed by atoms with Crippen molar-refractivity contribution < 1.29 is 4.39 Å². The molecule has 3 heteroatoms. The molecule has 1 aliphatic rings. The number of hydrogen-bond donors (Lipinski definition) is 1. The average Bonchev–Trinajstić information content (AvgIpc) is 2.65. The summed E-state index contributed by atoms with van der Waals surface area (Å²) in [4.78, 5) is 2.21. The van der Waals surface area contributed by atoms with Gasteiger partial charge in [0, 0.05) is 25.2 Å². The molecule has 1 aromatic carbocycles. The smallest absolute Gasteiger partial charge is 0.146 e. The van der Waals surface area contributed by atoms with Crippen molar-refractivity contribution in [2.75, 3.05) is 18.0 Å². The fourth-order valence-electron chi connectivity index (χ4n) is 2.73. The Balaban J connectivity index is 2.23. The Morgan fingerprint density at radius 3 is 2.35 bits per heavy atom. The number of rotatable bonds is 3. The monoisotopic (exact) mass is 278 g/mol. The van der Waals surface area contributed by atoms with Gasteiger partial charge in [-0.15, -0.1) is 0 Å². The second-order valence-electron chi connectivity index (χ2n) is 7.21. The number of para-hydroxylation sites is 1. The number of nitrogens with zero attached hydrogens (tertiary/aromatic N) is 1. The van der Waals surface area contributed by atoms with Crippen LogP contribution in [-0.2, 0) is 6.54 Å². The van der Waals surface area contributed by atoms with Gasteiger partial charge in [0.05, 0.1) is 5.69 Å². The SMILES string of the molecule is CC1CN(c2c(F)cccc2CNC(C)(C)C)CC1C. The van der Waals surface area contributed by atoms with Gasteiger partial charge in [-0.1, -0.05) is 26.0 Å². The van der Waals surface area contributed by atoms with Crippen LogP contribution in [-0.4, -0.2) is 18.6 Å². The number of anilines is 1. The summed E-state index contributed by atoms with van der Waals surface area (Å²) < 4.78 is 14.3. The quantitative estimate of drug-likeness (QED) is 0.904. The van der Waals surface area contributed by atoms with E-state index < -0.39 is 0 Å². The van der Waals surface area contributed by atoms with E-state index in [0.29, 0.717) is 18.4 Å². The Morgan fingerprint density at radius 1 is 1.20 bits per heavy atom. The maximum Gasteiger partial charge on any atom is 0.146 e. The van der Waals surface area contributed by atoms with Crippen LogP contribution in [0.4, 0.5) is 10.1 Å². The summed E-state index contributed by atoms with van der Waals surface area (Å²) in [6.07, 6.45) is 0. The zero-order valence-corrected chi connectivity index (χ0v) is 13.3. The third-order valence-electron chi connectivity index (χ3n) is 4.18. The highest BCUT2D eigenvalue weighted by Crippen LogP contribution is 2.32. The fraction of sp³-hybridized carbons (Fsp3) is 0.647. The lowest BCUT2D eigenvalue weighted by Gasteiger charge is -2.26. The second-order valence-corrected chi connectivity index (χ2v) is 7.21. The highest BCUT2D eigenvalue weighted by atomic mass is 19.1. The number of nitrogens with one attached hydrogen (secondary N) is 1. The van der Waals surface area contributed by atoms with Crippen molar-refractivity contribution in [1.29, 1.82) is 0 Å². The molecule has 2 nitrogen and oxygen atoms in total. The molecule has 0 bridgehead atoms. The first kappa shape index (κ1) is 15.3. The molecule has 1 saturated heterocycles. The number of hydrogen-bond acceptors (Lipinski definition) is 2. The van der Waals surface area contributed by atoms with Gasteiger partial charge in [0.15, 0.2) is 0 Å². The lowest BCUT2D eigenvalue weighted by atomic mass is 10.0. The Hall–Kier alpha value is -1.09. The standard InChI is InChI=1S/C17H27FN2/c1-12-10-20(11-13(12)2)16-14(7-6-8-15(16)18)9-19-17(3,4)5/h6-8,12-13,19H,9-11H2,1-5H3. The van der Waals surface area contributed by atoms with E-state index in [9.17, 15) is 4.39 Å². The molecule has 20 heavy (non-hydrogen) atoms. The molecule has 0 aromatic heterocycles. The Labute approximate surface area is 122 Å². The normalized spacial score (nSPS) is 23.4. The predicted molar refractivity (Wildman–Crippen MR) is 83.5 cm³/mol. The predicted octanol–water partition coefficient (Wildman–Crippen LogP) is 3.81. The molecule has 2 unspecified atom stereocenters. The summed E-state index contributed by atoms with van der Waals surface area (Å²) in [7, 11) is 0. The van der Waals surface area contributed by atoms with Gasteiger partial charge in [0.1, 0.15) is 5.82 Å². The lowest BCUT2D eigenvalue weighted by molar-refractivity contribution is 0.423. The number of benzene rings is 1. The summed E-state index contributed by atoms with van der Waals surface area (Å²) >= 11 is 0. The van der Waals surface area contributed by atoms with Gasteiger partial charge in [-0.05, 0) is 44.2 Å². The molecule has 1 aromatic rings. The third kappa shape index (κ3) is 3.51. The molecule has 0 radical (unpaired) electrons. The van der Waals surface area contributed by atoms with Crippen molar-refractivity contribution in [2.24, 2.45) is 11.8 Å². The van der Waals surface area contributed by atoms with Crippen LogP contribution in [0.1, 0.15) is 40.2 Å². The van der Waals surface area contributed by atoms with Gasteiger partial charge in [0.2, 0.25) is 0 Å². The van der Waals surface area contributed by atoms with Gasteiger partial charge in [-0.2, -0.15) is 0 Å².